The second-order valence-corrected chi connectivity index (χ2v) is 11.4. The van der Waals surface area contributed by atoms with Crippen LogP contribution >= 0.6 is 11.3 Å². The molecule has 0 spiro atoms. The van der Waals surface area contributed by atoms with Crippen molar-refractivity contribution in [3.63, 3.8) is 0 Å². The van der Waals surface area contributed by atoms with E-state index < -0.39 is 12.1 Å². The Morgan fingerprint density at radius 1 is 1.13 bits per heavy atom. The number of morpholine rings is 1. The van der Waals surface area contributed by atoms with Gasteiger partial charge >= 0.3 is 6.03 Å². The minimum absolute atomic E-state index is 0.00804. The van der Waals surface area contributed by atoms with Crippen LogP contribution in [-0.2, 0) is 4.74 Å². The third kappa shape index (κ3) is 4.89. The lowest BCUT2D eigenvalue weighted by Gasteiger charge is -2.35. The average molecular weight is 550 g/mol. The molecular weight excluding hydrogens is 518 g/mol. The van der Waals surface area contributed by atoms with E-state index >= 15 is 0 Å². The number of piperidine rings is 1. The number of anilines is 1. The zero-order valence-corrected chi connectivity index (χ0v) is 22.8. The van der Waals surface area contributed by atoms with E-state index in [9.17, 15) is 14.4 Å². The van der Waals surface area contributed by atoms with Crippen molar-refractivity contribution < 1.29 is 19.1 Å². The average Bonchev–Trinajstić information content (AvgIpc) is 3.66. The number of carbonyl (C=O) groups excluding carboxylic acids is 3. The number of thiophene rings is 1. The third-order valence-corrected chi connectivity index (χ3v) is 8.73. The number of ketones is 1. The molecule has 12 heteroatoms. The van der Waals surface area contributed by atoms with Crippen LogP contribution in [0.15, 0.2) is 46.1 Å². The number of rotatable bonds is 5. The van der Waals surface area contributed by atoms with Crippen molar-refractivity contribution >= 4 is 40.4 Å². The number of nitrogens with zero attached hydrogens (tertiary/aromatic N) is 5. The summed E-state index contributed by atoms with van der Waals surface area (Å²) in [5.74, 6) is -0.197. The number of likely N-dealkylation sites (N-methyl/N-ethyl adjacent to an activating group) is 1. The summed E-state index contributed by atoms with van der Waals surface area (Å²) in [6.07, 6.45) is 2.06. The van der Waals surface area contributed by atoms with Gasteiger partial charge in [0.25, 0.3) is 5.91 Å². The lowest BCUT2D eigenvalue weighted by atomic mass is 10.0. The fourth-order valence-electron chi connectivity index (χ4n) is 5.54. The number of amides is 3. The van der Waals surface area contributed by atoms with Crippen molar-refractivity contribution in [1.29, 1.82) is 0 Å². The number of hydrazine groups is 1. The van der Waals surface area contributed by atoms with E-state index in [0.717, 1.165) is 24.3 Å². The van der Waals surface area contributed by atoms with E-state index in [-0.39, 0.29) is 11.7 Å². The number of nitrogens with one attached hydrogen (secondary N) is 2. The zero-order valence-electron chi connectivity index (χ0n) is 22.0. The Kier molecular flexibility index (Phi) is 7.02. The summed E-state index contributed by atoms with van der Waals surface area (Å²) in [6, 6.07) is 8.44. The summed E-state index contributed by atoms with van der Waals surface area (Å²) in [5.41, 5.74) is 5.37. The van der Waals surface area contributed by atoms with Crippen LogP contribution < -0.4 is 10.7 Å². The molecule has 3 amide bonds. The van der Waals surface area contributed by atoms with Gasteiger partial charge in [0, 0.05) is 32.2 Å². The number of fused-ring (bicyclic) bond motifs is 3. The van der Waals surface area contributed by atoms with Crippen LogP contribution in [0.1, 0.15) is 49.4 Å². The predicted molar refractivity (Wildman–Crippen MR) is 147 cm³/mol. The molecule has 1 aromatic heterocycles. The van der Waals surface area contributed by atoms with Crippen LogP contribution in [0.5, 0.6) is 0 Å². The highest BCUT2D eigenvalue weighted by Gasteiger charge is 2.43. The largest absolute Gasteiger partial charge is 0.379 e. The first-order chi connectivity index (χ1) is 18.9. The lowest BCUT2D eigenvalue weighted by Crippen LogP contribution is -2.49. The van der Waals surface area contributed by atoms with Gasteiger partial charge in [-0.15, -0.1) is 11.3 Å². The monoisotopic (exact) mass is 549 g/mol. The van der Waals surface area contributed by atoms with Gasteiger partial charge in [-0.25, -0.2) is 9.80 Å². The first-order valence-electron chi connectivity index (χ1n) is 13.2. The molecule has 2 atom stereocenters. The van der Waals surface area contributed by atoms with Gasteiger partial charge in [-0.1, -0.05) is 12.1 Å². The van der Waals surface area contributed by atoms with Crippen LogP contribution in [-0.4, -0.2) is 92.1 Å². The van der Waals surface area contributed by atoms with Crippen LogP contribution in [0.25, 0.3) is 5.70 Å². The molecule has 2 fully saturated rings. The van der Waals surface area contributed by atoms with Crippen molar-refractivity contribution in [2.24, 2.45) is 10.2 Å². The summed E-state index contributed by atoms with van der Waals surface area (Å²) < 4.78 is 5.32. The second-order valence-electron chi connectivity index (χ2n) is 10.3. The van der Waals surface area contributed by atoms with Crippen molar-refractivity contribution in [1.82, 2.24) is 20.2 Å². The molecule has 0 radical (unpaired) electrons. The number of azo groups is 1. The number of Topliss-reactive ketones (excluding diaryl/α,β-unsaturated/α-hetero) is 1. The molecule has 2 unspecified atom stereocenters. The minimum atomic E-state index is -0.518. The molecule has 6 rings (SSSR count). The maximum absolute atomic E-state index is 13.7. The van der Waals surface area contributed by atoms with E-state index in [1.807, 2.05) is 37.2 Å². The molecule has 2 aromatic rings. The smallest absolute Gasteiger partial charge is 0.333 e. The standard InChI is InChI=1S/C27H31N7O4S/c1-32(2)16-5-4-10-33(15-16)26(36)20-9-8-19(39-20)24-22-23(29-30-24)17-6-3-7-18(21(17)25(22)35)28-27(37)31-34-11-13-38-14-12-34/h3,6-9,16,23H,4-5,10-15H2,1-2H3,(H2,28,31,37). The Hall–Kier alpha value is -3.45. The topological polar surface area (TPSA) is 119 Å². The highest BCUT2D eigenvalue weighted by Crippen LogP contribution is 2.49. The Balaban J connectivity index is 1.22. The molecule has 4 heterocycles. The maximum Gasteiger partial charge on any atom is 0.333 e. The van der Waals surface area contributed by atoms with E-state index in [1.165, 1.54) is 11.3 Å². The zero-order chi connectivity index (χ0) is 27.1. The maximum atomic E-state index is 13.7. The van der Waals surface area contributed by atoms with Gasteiger partial charge in [-0.2, -0.15) is 10.2 Å². The van der Waals surface area contributed by atoms with Gasteiger partial charge in [0.1, 0.15) is 11.7 Å². The molecule has 4 aliphatic rings. The molecule has 0 saturated carbocycles. The van der Waals surface area contributed by atoms with Gasteiger partial charge in [0.2, 0.25) is 0 Å². The van der Waals surface area contributed by atoms with Crippen molar-refractivity contribution in [2.75, 3.05) is 58.8 Å². The number of hydrogen-bond donors (Lipinski definition) is 2. The molecule has 1 aliphatic carbocycles. The molecular formula is C27H31N7O4S. The molecule has 39 heavy (non-hydrogen) atoms. The Labute approximate surface area is 230 Å². The Bertz CT molecular complexity index is 1380. The SMILES string of the molecule is CN(C)C1CCCN(C(=O)c2ccc(C3=C4C(=O)c5c(NC(=O)NN6CCOCC6)cccc5C4N=N3)s2)C1. The Morgan fingerprint density at radius 3 is 2.74 bits per heavy atom. The predicted octanol–water partition coefficient (Wildman–Crippen LogP) is 3.40. The van der Waals surface area contributed by atoms with Crippen LogP contribution in [0.2, 0.25) is 0 Å². The number of ether oxygens (including phenoxy) is 1. The van der Waals surface area contributed by atoms with E-state index in [4.69, 9.17) is 4.74 Å². The van der Waals surface area contributed by atoms with E-state index in [2.05, 4.69) is 25.9 Å². The van der Waals surface area contributed by atoms with Gasteiger partial charge in [0.05, 0.1) is 39.8 Å². The molecule has 11 nitrogen and oxygen atoms in total. The molecule has 204 valence electrons. The van der Waals surface area contributed by atoms with Gasteiger partial charge in [-0.3, -0.25) is 15.0 Å². The quantitative estimate of drug-likeness (QED) is 0.590. The van der Waals surface area contributed by atoms with Crippen molar-refractivity contribution in [3.8, 4) is 0 Å². The number of hydrogen-bond acceptors (Lipinski definition) is 9. The normalized spacial score (nSPS) is 22.8. The van der Waals surface area contributed by atoms with Crippen molar-refractivity contribution in [2.45, 2.75) is 24.9 Å². The van der Waals surface area contributed by atoms with E-state index in [0.29, 0.717) is 71.9 Å². The van der Waals surface area contributed by atoms with Gasteiger partial charge < -0.3 is 19.9 Å². The van der Waals surface area contributed by atoms with Crippen molar-refractivity contribution in [3.05, 3.63) is 56.8 Å². The Morgan fingerprint density at radius 2 is 1.95 bits per heavy atom. The molecule has 2 N–H and O–H groups in total. The third-order valence-electron chi connectivity index (χ3n) is 7.65. The summed E-state index contributed by atoms with van der Waals surface area (Å²) in [6.45, 7) is 3.74. The highest BCUT2D eigenvalue weighted by molar-refractivity contribution is 7.15. The summed E-state index contributed by atoms with van der Waals surface area (Å²) in [4.78, 5) is 45.1. The fourth-order valence-corrected chi connectivity index (χ4v) is 6.52. The van der Waals surface area contributed by atoms with E-state index in [1.54, 1.807) is 17.1 Å². The van der Waals surface area contributed by atoms with Crippen LogP contribution in [0.4, 0.5) is 10.5 Å². The number of carbonyl (C=O) groups is 3. The summed E-state index contributed by atoms with van der Waals surface area (Å²) in [5, 5.41) is 13.4. The highest BCUT2D eigenvalue weighted by atomic mass is 32.1. The number of benzene rings is 1. The molecule has 3 aliphatic heterocycles. The van der Waals surface area contributed by atoms with Gasteiger partial charge in [0.15, 0.2) is 5.78 Å². The van der Waals surface area contributed by atoms with Crippen LogP contribution in [0.3, 0.4) is 0 Å². The lowest BCUT2D eigenvalue weighted by molar-refractivity contribution is 0.0207. The summed E-state index contributed by atoms with van der Waals surface area (Å²) in [7, 11) is 4.09. The summed E-state index contributed by atoms with van der Waals surface area (Å²) >= 11 is 1.34. The van der Waals surface area contributed by atoms with Crippen LogP contribution in [0, 0.1) is 0 Å². The molecule has 0 bridgehead atoms. The minimum Gasteiger partial charge on any atom is -0.379 e. The first kappa shape index (κ1) is 25.8. The molecule has 2 saturated heterocycles. The number of urea groups is 1. The fraction of sp³-hybridized carbons (Fsp3) is 0.444. The first-order valence-corrected chi connectivity index (χ1v) is 14.0. The van der Waals surface area contributed by atoms with Gasteiger partial charge in [-0.05, 0) is 50.7 Å². The second kappa shape index (κ2) is 10.6. The molecule has 1 aromatic carbocycles. The number of likely N-dealkylation sites (tertiary alicyclic amines) is 1.